The molecule has 0 aromatic rings. The molecule has 31 heavy (non-hydrogen) atoms. The van der Waals surface area contributed by atoms with Crippen molar-refractivity contribution < 1.29 is 34.4 Å². The normalized spacial score (nSPS) is 17.1. The molecule has 0 aromatic carbocycles. The Balaban J connectivity index is 2.00. The van der Waals surface area contributed by atoms with E-state index in [-0.39, 0.29) is 18.1 Å². The highest BCUT2D eigenvalue weighted by Crippen LogP contribution is 2.25. The van der Waals surface area contributed by atoms with Crippen molar-refractivity contribution in [2.75, 3.05) is 13.2 Å². The lowest BCUT2D eigenvalue weighted by molar-refractivity contribution is -0.148. The van der Waals surface area contributed by atoms with Crippen LogP contribution in [0.25, 0.3) is 0 Å². The van der Waals surface area contributed by atoms with Crippen LogP contribution < -0.4 is 0 Å². The third-order valence-corrected chi connectivity index (χ3v) is 5.65. The van der Waals surface area contributed by atoms with Crippen molar-refractivity contribution in [2.24, 2.45) is 0 Å². The number of aliphatic hydroxyl groups is 3. The summed E-state index contributed by atoms with van der Waals surface area (Å²) in [6, 6.07) is 0. The van der Waals surface area contributed by atoms with Gasteiger partial charge < -0.3 is 24.8 Å². The van der Waals surface area contributed by atoms with Crippen LogP contribution in [0.4, 0.5) is 0 Å². The van der Waals surface area contributed by atoms with Gasteiger partial charge in [0.15, 0.2) is 17.6 Å². The fraction of sp³-hybridized carbons (Fsp3) is 0.833. The number of carbonyl (C=O) groups excluding carboxylic acids is 2. The molecular formula is C24H42O7. The van der Waals surface area contributed by atoms with Crippen molar-refractivity contribution in [1.29, 1.82) is 0 Å². The summed E-state index contributed by atoms with van der Waals surface area (Å²) in [5, 5.41) is 28.3. The zero-order valence-electron chi connectivity index (χ0n) is 19.2. The maximum absolute atomic E-state index is 12.0. The lowest BCUT2D eigenvalue weighted by Gasteiger charge is -2.18. The van der Waals surface area contributed by atoms with E-state index in [9.17, 15) is 19.8 Å². The van der Waals surface area contributed by atoms with Crippen LogP contribution in [0.3, 0.4) is 0 Å². The van der Waals surface area contributed by atoms with Gasteiger partial charge in [-0.3, -0.25) is 4.79 Å². The topological polar surface area (TPSA) is 113 Å². The molecule has 1 aliphatic heterocycles. The summed E-state index contributed by atoms with van der Waals surface area (Å²) in [6.45, 7) is 1.28. The van der Waals surface area contributed by atoms with Gasteiger partial charge in [-0.15, -0.1) is 0 Å². The van der Waals surface area contributed by atoms with Crippen molar-refractivity contribution in [3.8, 4) is 0 Å². The molecule has 0 saturated carbocycles. The first kappa shape index (κ1) is 27.4. The monoisotopic (exact) mass is 442 g/mol. The number of Topliss-reactive ketones (excluding diaryl/α,β-unsaturated/α-hetero) is 1. The predicted octanol–water partition coefficient (Wildman–Crippen LogP) is 4.49. The Morgan fingerprint density at radius 2 is 1.42 bits per heavy atom. The minimum atomic E-state index is -1.41. The minimum absolute atomic E-state index is 0.143. The van der Waals surface area contributed by atoms with E-state index in [0.29, 0.717) is 6.42 Å². The second-order valence-electron chi connectivity index (χ2n) is 8.46. The molecule has 0 unspecified atom stereocenters. The Labute approximate surface area is 186 Å². The maximum atomic E-state index is 12.0. The molecule has 3 N–H and O–H groups in total. The molecule has 0 spiro atoms. The summed E-state index contributed by atoms with van der Waals surface area (Å²) < 4.78 is 9.96. The van der Waals surface area contributed by atoms with Crippen LogP contribution in [0.1, 0.15) is 103 Å². The van der Waals surface area contributed by atoms with Gasteiger partial charge in [-0.2, -0.15) is 0 Å². The van der Waals surface area contributed by atoms with E-state index in [4.69, 9.17) is 14.6 Å². The average molecular weight is 443 g/mol. The quantitative estimate of drug-likeness (QED) is 0.188. The Morgan fingerprint density at radius 3 is 1.90 bits per heavy atom. The molecule has 0 aliphatic carbocycles. The molecule has 1 heterocycles. The molecule has 2 atom stereocenters. The second kappa shape index (κ2) is 17.0. The zero-order chi connectivity index (χ0) is 22.9. The highest BCUT2D eigenvalue weighted by atomic mass is 16.6. The largest absolute Gasteiger partial charge is 0.499 e. The summed E-state index contributed by atoms with van der Waals surface area (Å²) in [5.41, 5.74) is 0. The van der Waals surface area contributed by atoms with E-state index < -0.39 is 30.5 Å². The Morgan fingerprint density at radius 1 is 0.935 bits per heavy atom. The Kier molecular flexibility index (Phi) is 15.1. The molecule has 1 rings (SSSR count). The first-order chi connectivity index (χ1) is 15.0. The molecule has 0 bridgehead atoms. The van der Waals surface area contributed by atoms with Crippen LogP contribution in [-0.2, 0) is 19.1 Å². The summed E-state index contributed by atoms with van der Waals surface area (Å²) in [4.78, 5) is 23.4. The van der Waals surface area contributed by atoms with Gasteiger partial charge in [0, 0.05) is 6.42 Å². The van der Waals surface area contributed by atoms with Crippen LogP contribution in [-0.4, -0.2) is 52.5 Å². The van der Waals surface area contributed by atoms with E-state index in [1.165, 1.54) is 70.6 Å². The fourth-order valence-corrected chi connectivity index (χ4v) is 3.71. The highest BCUT2D eigenvalue weighted by molar-refractivity contribution is 5.89. The first-order valence-electron chi connectivity index (χ1n) is 12.1. The summed E-state index contributed by atoms with van der Waals surface area (Å²) in [5.74, 6) is -2.23. The van der Waals surface area contributed by atoms with Gasteiger partial charge >= 0.3 is 5.97 Å². The van der Waals surface area contributed by atoms with Gasteiger partial charge in [-0.1, -0.05) is 90.4 Å². The van der Waals surface area contributed by atoms with Crippen molar-refractivity contribution in [3.05, 3.63) is 11.5 Å². The zero-order valence-corrected chi connectivity index (χ0v) is 19.2. The second-order valence-corrected chi connectivity index (χ2v) is 8.46. The number of rotatable bonds is 20. The lowest BCUT2D eigenvalue weighted by atomic mass is 10.0. The minimum Gasteiger partial charge on any atom is -0.499 e. The lowest BCUT2D eigenvalue weighted by Crippen LogP contribution is -2.33. The van der Waals surface area contributed by atoms with Crippen LogP contribution >= 0.6 is 0 Å². The van der Waals surface area contributed by atoms with Crippen LogP contribution in [0.2, 0.25) is 0 Å². The smallest absolute Gasteiger partial charge is 0.378 e. The van der Waals surface area contributed by atoms with E-state index in [1.807, 2.05) is 0 Å². The fourth-order valence-electron chi connectivity index (χ4n) is 3.71. The molecule has 7 nitrogen and oxygen atoms in total. The number of aliphatic hydroxyl groups excluding tert-OH is 3. The van der Waals surface area contributed by atoms with Crippen molar-refractivity contribution >= 4 is 11.8 Å². The summed E-state index contributed by atoms with van der Waals surface area (Å²) in [7, 11) is 0. The number of hydrogen-bond acceptors (Lipinski definition) is 7. The Bertz CT molecular complexity index is 544. The number of ether oxygens (including phenoxy) is 2. The number of carbonyl (C=O) groups is 2. The number of esters is 1. The third kappa shape index (κ3) is 11.5. The molecule has 0 saturated heterocycles. The molecule has 0 fully saturated rings. The number of cyclic esters (lactones) is 1. The first-order valence-corrected chi connectivity index (χ1v) is 12.1. The van der Waals surface area contributed by atoms with E-state index in [2.05, 4.69) is 6.92 Å². The molecule has 0 amide bonds. The van der Waals surface area contributed by atoms with Crippen molar-refractivity contribution in [3.63, 3.8) is 0 Å². The molecular weight excluding hydrogens is 400 g/mol. The van der Waals surface area contributed by atoms with Gasteiger partial charge in [0.2, 0.25) is 5.76 Å². The standard InChI is InChI=1S/C24H42O7/c1-2-3-4-5-6-7-8-9-10-11-12-13-14-15-16-19(26)18-30-23-21(28)24(29)31-22(23)20(27)17-25/h20,22,25,27-28H,2-18H2,1H3/t20-,22+/m0/s1. The molecule has 1 aliphatic rings. The highest BCUT2D eigenvalue weighted by Gasteiger charge is 2.40. The number of ketones is 1. The average Bonchev–Trinajstić information content (AvgIpc) is 3.05. The van der Waals surface area contributed by atoms with Crippen LogP contribution in [0.15, 0.2) is 11.5 Å². The molecule has 7 heteroatoms. The number of hydrogen-bond donors (Lipinski definition) is 3. The van der Waals surface area contributed by atoms with Crippen LogP contribution in [0, 0.1) is 0 Å². The van der Waals surface area contributed by atoms with Gasteiger partial charge in [-0.05, 0) is 6.42 Å². The van der Waals surface area contributed by atoms with Crippen LogP contribution in [0.5, 0.6) is 0 Å². The molecule has 0 aromatic heterocycles. The van der Waals surface area contributed by atoms with E-state index >= 15 is 0 Å². The summed E-state index contributed by atoms with van der Waals surface area (Å²) >= 11 is 0. The maximum Gasteiger partial charge on any atom is 0.378 e. The van der Waals surface area contributed by atoms with E-state index in [0.717, 1.165) is 19.3 Å². The summed E-state index contributed by atoms with van der Waals surface area (Å²) in [6.07, 6.45) is 15.1. The molecule has 180 valence electrons. The molecule has 0 radical (unpaired) electrons. The van der Waals surface area contributed by atoms with Crippen molar-refractivity contribution in [1.82, 2.24) is 0 Å². The van der Waals surface area contributed by atoms with Gasteiger partial charge in [0.1, 0.15) is 12.7 Å². The van der Waals surface area contributed by atoms with Gasteiger partial charge in [0.05, 0.1) is 6.61 Å². The van der Waals surface area contributed by atoms with Crippen molar-refractivity contribution in [2.45, 2.75) is 115 Å². The predicted molar refractivity (Wildman–Crippen MR) is 119 cm³/mol. The number of unbranched alkanes of at least 4 members (excludes halogenated alkanes) is 13. The van der Waals surface area contributed by atoms with E-state index in [1.54, 1.807) is 0 Å². The SMILES string of the molecule is CCCCCCCCCCCCCCCCC(=O)COC1=C(O)C(=O)O[C@@H]1[C@@H](O)CO. The Hall–Kier alpha value is -1.60. The third-order valence-electron chi connectivity index (χ3n) is 5.65. The van der Waals surface area contributed by atoms with Gasteiger partial charge in [0.25, 0.3) is 0 Å². The van der Waals surface area contributed by atoms with Gasteiger partial charge in [-0.25, -0.2) is 4.79 Å².